The lowest BCUT2D eigenvalue weighted by atomic mass is 10.1. The zero-order chi connectivity index (χ0) is 19.1. The van der Waals surface area contributed by atoms with E-state index in [-0.39, 0.29) is 18.6 Å². The lowest BCUT2D eigenvalue weighted by Crippen LogP contribution is -3.14. The molecule has 1 amide bonds. The minimum absolute atomic E-state index is 0.0181. The molecule has 144 valence electrons. The molecule has 0 bridgehead atoms. The van der Waals surface area contributed by atoms with Crippen LogP contribution in [0.2, 0.25) is 0 Å². The van der Waals surface area contributed by atoms with Crippen LogP contribution < -0.4 is 15.0 Å². The number of aryl methyl sites for hydroxylation is 2. The van der Waals surface area contributed by atoms with Gasteiger partial charge in [-0.2, -0.15) is 0 Å². The van der Waals surface area contributed by atoms with Crippen molar-refractivity contribution in [3.8, 4) is 5.75 Å². The van der Waals surface area contributed by atoms with Gasteiger partial charge in [-0.25, -0.2) is 0 Å². The second kappa shape index (κ2) is 9.53. The Bertz CT molecular complexity index is 742. The number of rotatable bonds is 7. The summed E-state index contributed by atoms with van der Waals surface area (Å²) in [5, 5.41) is 3.15. The van der Waals surface area contributed by atoms with E-state index < -0.39 is 0 Å². The molecule has 3 rings (SSSR count). The van der Waals surface area contributed by atoms with Crippen molar-refractivity contribution in [3.63, 3.8) is 0 Å². The molecule has 0 radical (unpaired) electrons. The van der Waals surface area contributed by atoms with E-state index in [1.807, 2.05) is 43.3 Å². The third kappa shape index (κ3) is 5.81. The molecule has 27 heavy (non-hydrogen) atoms. The SMILES string of the molecule is Cc1ccc(OCC(=O)N[C@H](C[NH+]2CCOCC2)c2ccccc2)cc1C. The van der Waals surface area contributed by atoms with E-state index in [9.17, 15) is 4.79 Å². The molecule has 1 fully saturated rings. The largest absolute Gasteiger partial charge is 0.484 e. The average Bonchev–Trinajstić information content (AvgIpc) is 2.70. The molecule has 0 saturated carbocycles. The highest BCUT2D eigenvalue weighted by atomic mass is 16.5. The molecule has 5 nitrogen and oxygen atoms in total. The molecule has 2 aromatic carbocycles. The first-order valence-corrected chi connectivity index (χ1v) is 9.57. The van der Waals surface area contributed by atoms with E-state index >= 15 is 0 Å². The summed E-state index contributed by atoms with van der Waals surface area (Å²) in [6.45, 7) is 8.47. The van der Waals surface area contributed by atoms with Gasteiger partial charge in [0.25, 0.3) is 5.91 Å². The summed E-state index contributed by atoms with van der Waals surface area (Å²) in [7, 11) is 0. The summed E-state index contributed by atoms with van der Waals surface area (Å²) in [5.74, 6) is 0.623. The predicted molar refractivity (Wildman–Crippen MR) is 105 cm³/mol. The molecule has 0 spiro atoms. The quantitative estimate of drug-likeness (QED) is 0.777. The summed E-state index contributed by atoms with van der Waals surface area (Å²) in [6, 6.07) is 16.0. The zero-order valence-corrected chi connectivity index (χ0v) is 16.2. The molecule has 1 aliphatic rings. The van der Waals surface area contributed by atoms with Gasteiger partial charge in [0.15, 0.2) is 6.61 Å². The van der Waals surface area contributed by atoms with Crippen molar-refractivity contribution in [3.05, 3.63) is 65.2 Å². The van der Waals surface area contributed by atoms with Crippen LogP contribution >= 0.6 is 0 Å². The van der Waals surface area contributed by atoms with Gasteiger partial charge >= 0.3 is 0 Å². The molecule has 2 aromatic rings. The Labute approximate surface area is 161 Å². The maximum absolute atomic E-state index is 12.5. The number of quaternary nitrogens is 1. The fourth-order valence-corrected chi connectivity index (χ4v) is 3.28. The molecule has 1 atom stereocenters. The van der Waals surface area contributed by atoms with Crippen LogP contribution in [0.3, 0.4) is 0 Å². The molecule has 0 aliphatic carbocycles. The lowest BCUT2D eigenvalue weighted by Gasteiger charge is -2.28. The topological polar surface area (TPSA) is 52.0 Å². The second-order valence-electron chi connectivity index (χ2n) is 7.13. The summed E-state index contributed by atoms with van der Waals surface area (Å²) in [4.78, 5) is 14.0. The Morgan fingerprint density at radius 2 is 1.85 bits per heavy atom. The first-order chi connectivity index (χ1) is 13.1. The second-order valence-corrected chi connectivity index (χ2v) is 7.13. The fraction of sp³-hybridized carbons (Fsp3) is 0.409. The number of hydrogen-bond acceptors (Lipinski definition) is 3. The summed E-state index contributed by atoms with van der Waals surface area (Å²) in [6.07, 6.45) is 0. The van der Waals surface area contributed by atoms with Crippen LogP contribution in [0.4, 0.5) is 0 Å². The maximum Gasteiger partial charge on any atom is 0.258 e. The van der Waals surface area contributed by atoms with Crippen LogP contribution in [0, 0.1) is 13.8 Å². The molecule has 0 unspecified atom stereocenters. The number of amides is 1. The summed E-state index contributed by atoms with van der Waals surface area (Å²) >= 11 is 0. The average molecular weight is 369 g/mol. The number of nitrogens with one attached hydrogen (secondary N) is 2. The lowest BCUT2D eigenvalue weighted by molar-refractivity contribution is -0.909. The smallest absolute Gasteiger partial charge is 0.258 e. The van der Waals surface area contributed by atoms with Crippen LogP contribution in [-0.2, 0) is 9.53 Å². The van der Waals surface area contributed by atoms with Gasteiger partial charge in [0.05, 0.1) is 13.2 Å². The van der Waals surface area contributed by atoms with Crippen LogP contribution in [0.25, 0.3) is 0 Å². The highest BCUT2D eigenvalue weighted by Gasteiger charge is 2.23. The monoisotopic (exact) mass is 369 g/mol. The van der Waals surface area contributed by atoms with Gasteiger partial charge in [0.1, 0.15) is 31.4 Å². The highest BCUT2D eigenvalue weighted by Crippen LogP contribution is 2.16. The van der Waals surface area contributed by atoms with E-state index in [0.29, 0.717) is 0 Å². The van der Waals surface area contributed by atoms with Gasteiger partial charge in [-0.1, -0.05) is 36.4 Å². The maximum atomic E-state index is 12.5. The van der Waals surface area contributed by atoms with E-state index in [0.717, 1.165) is 49.7 Å². The van der Waals surface area contributed by atoms with Gasteiger partial charge in [-0.05, 0) is 42.7 Å². The van der Waals surface area contributed by atoms with Crippen molar-refractivity contribution >= 4 is 5.91 Å². The van der Waals surface area contributed by atoms with Gasteiger partial charge in [0.2, 0.25) is 0 Å². The van der Waals surface area contributed by atoms with Gasteiger partial charge in [0, 0.05) is 0 Å². The van der Waals surface area contributed by atoms with Gasteiger partial charge in [-0.15, -0.1) is 0 Å². The van der Waals surface area contributed by atoms with Gasteiger partial charge in [-0.3, -0.25) is 4.79 Å². The zero-order valence-electron chi connectivity index (χ0n) is 16.2. The molecule has 0 aromatic heterocycles. The van der Waals surface area contributed by atoms with Crippen LogP contribution in [0.5, 0.6) is 5.75 Å². The first-order valence-electron chi connectivity index (χ1n) is 9.57. The Morgan fingerprint density at radius 1 is 1.11 bits per heavy atom. The molecular weight excluding hydrogens is 340 g/mol. The third-order valence-electron chi connectivity index (χ3n) is 5.08. The number of carbonyl (C=O) groups excluding carboxylic acids is 1. The van der Waals surface area contributed by atoms with Crippen molar-refractivity contribution in [1.82, 2.24) is 5.32 Å². The van der Waals surface area contributed by atoms with E-state index in [1.165, 1.54) is 10.5 Å². The van der Waals surface area contributed by atoms with Crippen molar-refractivity contribution < 1.29 is 19.2 Å². The molecule has 1 heterocycles. The molecule has 5 heteroatoms. The fourth-order valence-electron chi connectivity index (χ4n) is 3.28. The Kier molecular flexibility index (Phi) is 6.85. The normalized spacial score (nSPS) is 15.9. The number of benzene rings is 2. The number of hydrogen-bond donors (Lipinski definition) is 2. The highest BCUT2D eigenvalue weighted by molar-refractivity contribution is 5.78. The van der Waals surface area contributed by atoms with Crippen LogP contribution in [-0.4, -0.2) is 45.4 Å². The molecule has 1 aliphatic heterocycles. The van der Waals surface area contributed by atoms with E-state index in [4.69, 9.17) is 9.47 Å². The molecule has 2 N–H and O–H groups in total. The Hall–Kier alpha value is -2.37. The van der Waals surface area contributed by atoms with Crippen molar-refractivity contribution in [1.29, 1.82) is 0 Å². The van der Waals surface area contributed by atoms with Crippen LogP contribution in [0.15, 0.2) is 48.5 Å². The number of morpholine rings is 1. The summed E-state index contributed by atoms with van der Waals surface area (Å²) in [5.41, 5.74) is 3.49. The Balaban J connectivity index is 1.60. The number of ether oxygens (including phenoxy) is 2. The Morgan fingerprint density at radius 3 is 2.56 bits per heavy atom. The molecule has 1 saturated heterocycles. The van der Waals surface area contributed by atoms with E-state index in [2.05, 4.69) is 24.4 Å². The van der Waals surface area contributed by atoms with Crippen molar-refractivity contribution in [2.75, 3.05) is 39.5 Å². The first kappa shape index (κ1) is 19.4. The van der Waals surface area contributed by atoms with Gasteiger partial charge < -0.3 is 19.7 Å². The molecular formula is C22H29N2O3+. The van der Waals surface area contributed by atoms with Crippen molar-refractivity contribution in [2.24, 2.45) is 0 Å². The van der Waals surface area contributed by atoms with Crippen LogP contribution in [0.1, 0.15) is 22.7 Å². The third-order valence-corrected chi connectivity index (χ3v) is 5.08. The standard InChI is InChI=1S/C22H28N2O3/c1-17-8-9-20(14-18(17)2)27-16-22(25)23-21(19-6-4-3-5-7-19)15-24-10-12-26-13-11-24/h3-9,14,21H,10-13,15-16H2,1-2H3,(H,23,25)/p+1/t21-/m1/s1. The predicted octanol–water partition coefficient (Wildman–Crippen LogP) is 1.45. The number of carbonyl (C=O) groups is 1. The van der Waals surface area contributed by atoms with E-state index in [1.54, 1.807) is 0 Å². The summed E-state index contributed by atoms with van der Waals surface area (Å²) < 4.78 is 11.1. The van der Waals surface area contributed by atoms with Crippen molar-refractivity contribution in [2.45, 2.75) is 19.9 Å². The minimum atomic E-state index is -0.102. The minimum Gasteiger partial charge on any atom is -0.484 e.